The van der Waals surface area contributed by atoms with Crippen LogP contribution in [0.2, 0.25) is 10.0 Å². The van der Waals surface area contributed by atoms with Crippen LogP contribution >= 0.6 is 39.1 Å². The Morgan fingerprint density at radius 1 is 1.32 bits per heavy atom. The van der Waals surface area contributed by atoms with Crippen LogP contribution in [0.1, 0.15) is 27.2 Å². The Morgan fingerprint density at radius 3 is 2.53 bits per heavy atom. The Kier molecular flexibility index (Phi) is 5.96. The Hall–Kier alpha value is -0.450. The van der Waals surface area contributed by atoms with E-state index in [9.17, 15) is 4.79 Å². The maximum atomic E-state index is 11.8. The molecule has 19 heavy (non-hydrogen) atoms. The minimum atomic E-state index is -0.208. The van der Waals surface area contributed by atoms with Crippen LogP contribution in [0.5, 0.6) is 0 Å². The summed E-state index contributed by atoms with van der Waals surface area (Å²) in [7, 11) is 0. The average molecular weight is 368 g/mol. The second-order valence-corrected chi connectivity index (χ2v) is 6.47. The van der Waals surface area contributed by atoms with E-state index in [-0.39, 0.29) is 18.0 Å². The Labute approximate surface area is 132 Å². The summed E-state index contributed by atoms with van der Waals surface area (Å²) in [6, 6.07) is 3.56. The molecule has 0 aromatic heterocycles. The minimum Gasteiger partial charge on any atom is -0.375 e. The van der Waals surface area contributed by atoms with Crippen molar-refractivity contribution >= 4 is 50.7 Å². The molecular formula is C13H17BrCl2N2O. The van der Waals surface area contributed by atoms with Gasteiger partial charge in [0.1, 0.15) is 0 Å². The van der Waals surface area contributed by atoms with Crippen molar-refractivity contribution in [3.05, 3.63) is 26.7 Å². The number of benzene rings is 1. The fraction of sp³-hybridized carbons (Fsp3) is 0.462. The lowest BCUT2D eigenvalue weighted by atomic mass is 10.0. The predicted molar refractivity (Wildman–Crippen MR) is 85.2 cm³/mol. The predicted octanol–water partition coefficient (Wildman–Crippen LogP) is 4.47. The van der Waals surface area contributed by atoms with E-state index in [0.717, 1.165) is 10.9 Å². The first kappa shape index (κ1) is 16.6. The van der Waals surface area contributed by atoms with Crippen LogP contribution < -0.4 is 10.6 Å². The highest BCUT2D eigenvalue weighted by molar-refractivity contribution is 9.10. The van der Waals surface area contributed by atoms with Gasteiger partial charge in [0.05, 0.1) is 22.3 Å². The van der Waals surface area contributed by atoms with Crippen molar-refractivity contribution in [1.82, 2.24) is 5.32 Å². The van der Waals surface area contributed by atoms with E-state index in [0.29, 0.717) is 15.7 Å². The van der Waals surface area contributed by atoms with E-state index >= 15 is 0 Å². The number of amides is 1. The van der Waals surface area contributed by atoms with E-state index in [1.807, 2.05) is 20.8 Å². The second kappa shape index (κ2) is 6.82. The fourth-order valence-corrected chi connectivity index (χ4v) is 2.19. The maximum absolute atomic E-state index is 11.8. The first-order valence-electron chi connectivity index (χ1n) is 5.95. The zero-order valence-corrected chi connectivity index (χ0v) is 14.2. The monoisotopic (exact) mass is 366 g/mol. The summed E-state index contributed by atoms with van der Waals surface area (Å²) in [6.07, 6.45) is 0.865. The van der Waals surface area contributed by atoms with Gasteiger partial charge in [0, 0.05) is 10.0 Å². The Bertz CT molecular complexity index is 478. The third-order valence-corrected chi connectivity index (χ3v) is 4.61. The SMILES string of the molecule is CCC(C)(C)NC(=O)CNc1ccc(Br)c(Cl)c1Cl. The summed E-state index contributed by atoms with van der Waals surface area (Å²) < 4.78 is 0.723. The van der Waals surface area contributed by atoms with Gasteiger partial charge in [-0.05, 0) is 48.3 Å². The lowest BCUT2D eigenvalue weighted by Gasteiger charge is -2.24. The van der Waals surface area contributed by atoms with E-state index in [1.165, 1.54) is 0 Å². The molecule has 3 nitrogen and oxygen atoms in total. The van der Waals surface area contributed by atoms with Crippen molar-refractivity contribution in [2.75, 3.05) is 11.9 Å². The molecule has 0 heterocycles. The number of carbonyl (C=O) groups excluding carboxylic acids is 1. The largest absolute Gasteiger partial charge is 0.375 e. The van der Waals surface area contributed by atoms with Gasteiger partial charge in [-0.2, -0.15) is 0 Å². The quantitative estimate of drug-likeness (QED) is 0.753. The van der Waals surface area contributed by atoms with Crippen molar-refractivity contribution in [3.63, 3.8) is 0 Å². The van der Waals surface area contributed by atoms with E-state index < -0.39 is 0 Å². The maximum Gasteiger partial charge on any atom is 0.239 e. The molecule has 6 heteroatoms. The number of hydrogen-bond donors (Lipinski definition) is 2. The van der Waals surface area contributed by atoms with E-state index in [1.54, 1.807) is 12.1 Å². The number of rotatable bonds is 5. The van der Waals surface area contributed by atoms with Gasteiger partial charge in [0.15, 0.2) is 0 Å². The molecule has 0 aliphatic rings. The highest BCUT2D eigenvalue weighted by atomic mass is 79.9. The number of anilines is 1. The molecule has 0 saturated carbocycles. The third kappa shape index (κ3) is 4.86. The zero-order valence-electron chi connectivity index (χ0n) is 11.1. The van der Waals surface area contributed by atoms with Gasteiger partial charge in [0.25, 0.3) is 0 Å². The highest BCUT2D eigenvalue weighted by Crippen LogP contribution is 2.35. The minimum absolute atomic E-state index is 0.0815. The van der Waals surface area contributed by atoms with Gasteiger partial charge >= 0.3 is 0 Å². The Balaban J connectivity index is 2.63. The normalized spacial score (nSPS) is 11.3. The number of carbonyl (C=O) groups is 1. The van der Waals surface area contributed by atoms with Crippen molar-refractivity contribution in [3.8, 4) is 0 Å². The lowest BCUT2D eigenvalue weighted by molar-refractivity contribution is -0.121. The molecular weight excluding hydrogens is 351 g/mol. The topological polar surface area (TPSA) is 41.1 Å². The summed E-state index contributed by atoms with van der Waals surface area (Å²) in [5.74, 6) is -0.0815. The highest BCUT2D eigenvalue weighted by Gasteiger charge is 2.17. The summed E-state index contributed by atoms with van der Waals surface area (Å²) in [6.45, 7) is 6.14. The van der Waals surface area contributed by atoms with Crippen LogP contribution in [-0.2, 0) is 4.79 Å². The van der Waals surface area contributed by atoms with Crippen molar-refractivity contribution < 1.29 is 4.79 Å². The summed E-state index contributed by atoms with van der Waals surface area (Å²) in [4.78, 5) is 11.8. The molecule has 0 radical (unpaired) electrons. The van der Waals surface area contributed by atoms with Crippen LogP contribution in [0.15, 0.2) is 16.6 Å². The fourth-order valence-electron chi connectivity index (χ4n) is 1.35. The number of nitrogens with one attached hydrogen (secondary N) is 2. The molecule has 0 saturated heterocycles. The second-order valence-electron chi connectivity index (χ2n) is 4.86. The molecule has 1 aromatic carbocycles. The van der Waals surface area contributed by atoms with Crippen molar-refractivity contribution in [2.24, 2.45) is 0 Å². The van der Waals surface area contributed by atoms with Gasteiger partial charge in [-0.15, -0.1) is 0 Å². The molecule has 0 atom stereocenters. The summed E-state index contributed by atoms with van der Waals surface area (Å²) >= 11 is 15.4. The smallest absolute Gasteiger partial charge is 0.239 e. The number of halogens is 3. The van der Waals surface area contributed by atoms with Crippen LogP contribution in [0.3, 0.4) is 0 Å². The van der Waals surface area contributed by atoms with Gasteiger partial charge in [-0.3, -0.25) is 4.79 Å². The van der Waals surface area contributed by atoms with Gasteiger partial charge in [-0.25, -0.2) is 0 Å². The van der Waals surface area contributed by atoms with E-state index in [2.05, 4.69) is 26.6 Å². The van der Waals surface area contributed by atoms with Gasteiger partial charge in [-0.1, -0.05) is 30.1 Å². The molecule has 0 bridgehead atoms. The summed E-state index contributed by atoms with van der Waals surface area (Å²) in [5, 5.41) is 6.75. The van der Waals surface area contributed by atoms with Crippen molar-refractivity contribution in [2.45, 2.75) is 32.7 Å². The van der Waals surface area contributed by atoms with Crippen LogP contribution in [0.25, 0.3) is 0 Å². The average Bonchev–Trinajstić information content (AvgIpc) is 2.34. The first-order chi connectivity index (χ1) is 8.76. The molecule has 106 valence electrons. The molecule has 1 amide bonds. The van der Waals surface area contributed by atoms with E-state index in [4.69, 9.17) is 23.2 Å². The molecule has 2 N–H and O–H groups in total. The molecule has 1 aromatic rings. The Morgan fingerprint density at radius 2 is 1.95 bits per heavy atom. The molecule has 0 unspecified atom stereocenters. The number of hydrogen-bond acceptors (Lipinski definition) is 2. The zero-order chi connectivity index (χ0) is 14.6. The van der Waals surface area contributed by atoms with Crippen LogP contribution in [-0.4, -0.2) is 18.0 Å². The molecule has 0 fully saturated rings. The molecule has 0 aliphatic carbocycles. The van der Waals surface area contributed by atoms with Crippen molar-refractivity contribution in [1.29, 1.82) is 0 Å². The lowest BCUT2D eigenvalue weighted by Crippen LogP contribution is -2.45. The van der Waals surface area contributed by atoms with Crippen LogP contribution in [0.4, 0.5) is 5.69 Å². The van der Waals surface area contributed by atoms with Crippen LogP contribution in [0, 0.1) is 0 Å². The molecule has 1 rings (SSSR count). The summed E-state index contributed by atoms with van der Waals surface area (Å²) in [5.41, 5.74) is 0.430. The molecule has 0 spiro atoms. The molecule has 0 aliphatic heterocycles. The standard InChI is InChI=1S/C13H17BrCl2N2O/c1-4-13(2,3)18-10(19)7-17-9-6-5-8(14)11(15)12(9)16/h5-6,17H,4,7H2,1-3H3,(H,18,19). The third-order valence-electron chi connectivity index (χ3n) is 2.84. The van der Waals surface area contributed by atoms with Gasteiger partial charge < -0.3 is 10.6 Å². The van der Waals surface area contributed by atoms with Gasteiger partial charge in [0.2, 0.25) is 5.91 Å². The first-order valence-corrected chi connectivity index (χ1v) is 7.50.